The smallest absolute Gasteiger partial charge is 0.324 e. The van der Waals surface area contributed by atoms with Crippen molar-refractivity contribution in [3.63, 3.8) is 0 Å². The zero-order valence-corrected chi connectivity index (χ0v) is 24.2. The van der Waals surface area contributed by atoms with Gasteiger partial charge in [0.2, 0.25) is 0 Å². The molecule has 0 N–H and O–H groups in total. The van der Waals surface area contributed by atoms with Crippen LogP contribution < -0.4 is 0 Å². The highest BCUT2D eigenvalue weighted by molar-refractivity contribution is 6.30. The third-order valence-corrected chi connectivity index (χ3v) is 11.9. The van der Waals surface area contributed by atoms with Gasteiger partial charge in [0.25, 0.3) is 0 Å². The van der Waals surface area contributed by atoms with Gasteiger partial charge in [-0.15, -0.1) is 11.6 Å². The van der Waals surface area contributed by atoms with Gasteiger partial charge in [0.15, 0.2) is 0 Å². The molecule has 0 aromatic heterocycles. The van der Waals surface area contributed by atoms with Gasteiger partial charge in [-0.25, -0.2) is 0 Å². The molecular weight excluding hydrogens is 452 g/mol. The fourth-order valence-electron chi connectivity index (χ4n) is 8.98. The molecule has 4 aliphatic rings. The third kappa shape index (κ3) is 5.53. The normalized spacial score (nSPS) is 39.4. The fourth-order valence-corrected chi connectivity index (χ4v) is 9.04. The zero-order valence-electron chi connectivity index (χ0n) is 23.4. The van der Waals surface area contributed by atoms with Crippen LogP contribution in [0, 0.1) is 40.4 Å². The summed E-state index contributed by atoms with van der Waals surface area (Å²) in [5.41, 5.74) is 2.47. The molecular formula is C32H53ClO2. The summed E-state index contributed by atoms with van der Waals surface area (Å²) in [6.45, 7) is 11.5. The second-order valence-electron chi connectivity index (χ2n) is 13.6. The van der Waals surface area contributed by atoms with Crippen LogP contribution in [0.1, 0.15) is 131 Å². The molecule has 3 heteroatoms. The Morgan fingerprint density at radius 1 is 1.03 bits per heavy atom. The summed E-state index contributed by atoms with van der Waals surface area (Å²) in [5.74, 6) is 3.45. The first-order valence-electron chi connectivity index (χ1n) is 15.2. The molecule has 2 nitrogen and oxygen atoms in total. The number of hydrogen-bond donors (Lipinski definition) is 0. The van der Waals surface area contributed by atoms with E-state index < -0.39 is 5.38 Å². The summed E-state index contributed by atoms with van der Waals surface area (Å²) in [6.07, 6.45) is 22.7. The van der Waals surface area contributed by atoms with Crippen molar-refractivity contribution >= 4 is 17.6 Å². The molecule has 3 fully saturated rings. The topological polar surface area (TPSA) is 26.3 Å². The van der Waals surface area contributed by atoms with Gasteiger partial charge in [-0.2, -0.15) is 0 Å². The van der Waals surface area contributed by atoms with Gasteiger partial charge in [0.05, 0.1) is 0 Å². The number of halogens is 1. The first kappa shape index (κ1) is 27.5. The Labute approximate surface area is 221 Å². The molecule has 4 rings (SSSR count). The summed E-state index contributed by atoms with van der Waals surface area (Å²) >= 11 is 6.29. The number of carbonyl (C=O) groups excluding carboxylic acids is 1. The summed E-state index contributed by atoms with van der Waals surface area (Å²) < 4.78 is 5.90. The number of unbranched alkanes of at least 4 members (excludes halogenated alkanes) is 5. The third-order valence-electron chi connectivity index (χ3n) is 11.3. The van der Waals surface area contributed by atoms with Gasteiger partial charge < -0.3 is 4.74 Å². The van der Waals surface area contributed by atoms with Crippen molar-refractivity contribution in [3.8, 4) is 0 Å². The van der Waals surface area contributed by atoms with E-state index in [0.717, 1.165) is 42.9 Å². The van der Waals surface area contributed by atoms with Crippen molar-refractivity contribution in [3.05, 3.63) is 11.6 Å². The van der Waals surface area contributed by atoms with Gasteiger partial charge in [-0.3, -0.25) is 4.79 Å². The van der Waals surface area contributed by atoms with Gasteiger partial charge in [0, 0.05) is 6.42 Å². The highest BCUT2D eigenvalue weighted by Gasteiger charge is 2.58. The van der Waals surface area contributed by atoms with Crippen LogP contribution in [-0.4, -0.2) is 17.5 Å². The molecule has 35 heavy (non-hydrogen) atoms. The van der Waals surface area contributed by atoms with E-state index in [2.05, 4.69) is 26.8 Å². The molecule has 0 aliphatic heterocycles. The number of carbonyl (C=O) groups is 1. The van der Waals surface area contributed by atoms with Crippen LogP contribution in [0.5, 0.6) is 0 Å². The van der Waals surface area contributed by atoms with E-state index in [9.17, 15) is 4.79 Å². The summed E-state index contributed by atoms with van der Waals surface area (Å²) in [7, 11) is 0. The van der Waals surface area contributed by atoms with Crippen LogP contribution in [-0.2, 0) is 9.53 Å². The van der Waals surface area contributed by atoms with Gasteiger partial charge in [-0.1, -0.05) is 84.8 Å². The molecule has 0 bridgehead atoms. The van der Waals surface area contributed by atoms with E-state index in [1.807, 2.05) is 13.8 Å². The Morgan fingerprint density at radius 2 is 1.77 bits per heavy atom. The van der Waals surface area contributed by atoms with Crippen LogP contribution in [0.3, 0.4) is 0 Å². The number of alkyl halides is 1. The molecule has 0 heterocycles. The molecule has 4 aliphatic carbocycles. The van der Waals surface area contributed by atoms with E-state index in [0.29, 0.717) is 10.8 Å². The van der Waals surface area contributed by atoms with Crippen molar-refractivity contribution in [2.45, 2.75) is 142 Å². The standard InChI is InChI=1S/C32H53ClO2/c1-6-7-8-9-10-11-12-23-14-16-27-26-15-13-24-21-25(35-30(34)29(33)22(2)3)17-19-32(24,5)28(26)18-20-31(23,27)4/h13,22-23,25-29H,6-12,14-21H2,1-5H3/t23?,25-,26?,27?,28?,29?,31+,32-/m0/s1. The Hall–Kier alpha value is -0.500. The number of ether oxygens (including phenoxy) is 1. The lowest BCUT2D eigenvalue weighted by Gasteiger charge is -2.58. The molecule has 0 radical (unpaired) electrons. The minimum Gasteiger partial charge on any atom is -0.461 e. The minimum atomic E-state index is -0.532. The average molecular weight is 505 g/mol. The summed E-state index contributed by atoms with van der Waals surface area (Å²) in [6, 6.07) is 0. The lowest BCUT2D eigenvalue weighted by atomic mass is 9.47. The minimum absolute atomic E-state index is 0.0143. The van der Waals surface area contributed by atoms with Gasteiger partial charge >= 0.3 is 5.97 Å². The van der Waals surface area contributed by atoms with Gasteiger partial charge in [0.1, 0.15) is 11.5 Å². The monoisotopic (exact) mass is 504 g/mol. The molecule has 0 aromatic carbocycles. The second kappa shape index (κ2) is 11.5. The van der Waals surface area contributed by atoms with E-state index in [-0.39, 0.29) is 18.0 Å². The Balaban J connectivity index is 1.36. The Morgan fingerprint density at radius 3 is 2.51 bits per heavy atom. The number of rotatable bonds is 10. The predicted molar refractivity (Wildman–Crippen MR) is 148 cm³/mol. The number of fused-ring (bicyclic) bond motifs is 5. The van der Waals surface area contributed by atoms with Crippen LogP contribution in [0.15, 0.2) is 11.6 Å². The molecule has 8 atom stereocenters. The molecule has 200 valence electrons. The van der Waals surface area contributed by atoms with Crippen LogP contribution in [0.2, 0.25) is 0 Å². The van der Waals surface area contributed by atoms with E-state index in [1.165, 1.54) is 77.0 Å². The molecule has 3 saturated carbocycles. The van der Waals surface area contributed by atoms with Crippen LogP contribution in [0.4, 0.5) is 0 Å². The first-order valence-corrected chi connectivity index (χ1v) is 15.7. The molecule has 0 spiro atoms. The molecule has 0 saturated heterocycles. The fraction of sp³-hybridized carbons (Fsp3) is 0.906. The van der Waals surface area contributed by atoms with Crippen molar-refractivity contribution in [1.29, 1.82) is 0 Å². The zero-order chi connectivity index (χ0) is 25.2. The van der Waals surface area contributed by atoms with Gasteiger partial charge in [-0.05, 0) is 91.8 Å². The highest BCUT2D eigenvalue weighted by atomic mass is 35.5. The highest BCUT2D eigenvalue weighted by Crippen LogP contribution is 2.66. The number of allylic oxidation sites excluding steroid dienone is 1. The first-order chi connectivity index (χ1) is 16.7. The van der Waals surface area contributed by atoms with Crippen LogP contribution >= 0.6 is 11.6 Å². The quantitative estimate of drug-likeness (QED) is 0.128. The molecule has 5 unspecified atom stereocenters. The summed E-state index contributed by atoms with van der Waals surface area (Å²) in [5, 5.41) is -0.532. The van der Waals surface area contributed by atoms with E-state index in [1.54, 1.807) is 5.57 Å². The van der Waals surface area contributed by atoms with Crippen LogP contribution in [0.25, 0.3) is 0 Å². The number of esters is 1. The number of hydrogen-bond acceptors (Lipinski definition) is 2. The maximum Gasteiger partial charge on any atom is 0.324 e. The largest absolute Gasteiger partial charge is 0.461 e. The average Bonchev–Trinajstić information content (AvgIpc) is 3.17. The van der Waals surface area contributed by atoms with E-state index in [4.69, 9.17) is 16.3 Å². The Bertz CT molecular complexity index is 759. The summed E-state index contributed by atoms with van der Waals surface area (Å²) in [4.78, 5) is 12.5. The maximum absolute atomic E-state index is 12.5. The van der Waals surface area contributed by atoms with Crippen molar-refractivity contribution in [2.75, 3.05) is 0 Å². The SMILES string of the molecule is CCCCCCCCC1CCC2C3CC=C4C[C@@H](OC(=O)C(Cl)C(C)C)CC[C@]4(C)C3CC[C@]12C. The second-order valence-corrected chi connectivity index (χ2v) is 14.1. The Kier molecular flexibility index (Phi) is 9.04. The lowest BCUT2D eigenvalue weighted by Crippen LogP contribution is -2.50. The predicted octanol–water partition coefficient (Wildman–Crippen LogP) is 9.49. The molecule has 0 amide bonds. The lowest BCUT2D eigenvalue weighted by molar-refractivity contribution is -0.151. The van der Waals surface area contributed by atoms with Crippen molar-refractivity contribution in [2.24, 2.45) is 40.4 Å². The molecule has 0 aromatic rings. The van der Waals surface area contributed by atoms with E-state index >= 15 is 0 Å². The maximum atomic E-state index is 12.5. The van der Waals surface area contributed by atoms with Crippen molar-refractivity contribution in [1.82, 2.24) is 0 Å². The van der Waals surface area contributed by atoms with Crippen molar-refractivity contribution < 1.29 is 9.53 Å².